The Morgan fingerprint density at radius 2 is 2.07 bits per heavy atom. The molecule has 0 radical (unpaired) electrons. The van der Waals surface area contributed by atoms with Crippen LogP contribution in [0.15, 0.2) is 0 Å². The lowest BCUT2D eigenvalue weighted by atomic mass is 10.1. The zero-order valence-electron chi connectivity index (χ0n) is 9.72. The van der Waals surface area contributed by atoms with Gasteiger partial charge in [-0.15, -0.1) is 0 Å². The zero-order chi connectivity index (χ0) is 11.2. The van der Waals surface area contributed by atoms with Crippen LogP contribution in [0, 0.1) is 0 Å². The van der Waals surface area contributed by atoms with Crippen molar-refractivity contribution in [2.75, 3.05) is 20.3 Å². The number of nitrogens with one attached hydrogen (secondary N) is 1. The van der Waals surface area contributed by atoms with Crippen LogP contribution in [0.5, 0.6) is 0 Å². The van der Waals surface area contributed by atoms with Crippen LogP contribution in [0.1, 0.15) is 27.7 Å². The maximum Gasteiger partial charge on any atom is 0.328 e. The van der Waals surface area contributed by atoms with E-state index < -0.39 is 5.54 Å². The Morgan fingerprint density at radius 3 is 2.43 bits per heavy atom. The summed E-state index contributed by atoms with van der Waals surface area (Å²) in [7, 11) is 1.72. The molecule has 0 saturated heterocycles. The summed E-state index contributed by atoms with van der Waals surface area (Å²) >= 11 is 0. The van der Waals surface area contributed by atoms with Crippen molar-refractivity contribution in [3.05, 3.63) is 0 Å². The van der Waals surface area contributed by atoms with Gasteiger partial charge in [-0.1, -0.05) is 0 Å². The fourth-order valence-corrected chi connectivity index (χ4v) is 0.857. The average Bonchev–Trinajstić information content (AvgIpc) is 2.14. The van der Waals surface area contributed by atoms with Crippen molar-refractivity contribution < 1.29 is 14.3 Å². The summed E-state index contributed by atoms with van der Waals surface area (Å²) in [5.41, 5.74) is -0.750. The second kappa shape index (κ2) is 5.98. The minimum Gasteiger partial charge on any atom is -0.465 e. The lowest BCUT2D eigenvalue weighted by Crippen LogP contribution is -2.52. The first kappa shape index (κ1) is 13.4. The SMILES string of the molecule is CCOC(=O)C(C)(COC(C)C)NC. The van der Waals surface area contributed by atoms with Gasteiger partial charge in [0.05, 0.1) is 19.3 Å². The van der Waals surface area contributed by atoms with Crippen molar-refractivity contribution in [2.24, 2.45) is 0 Å². The van der Waals surface area contributed by atoms with E-state index in [9.17, 15) is 4.79 Å². The van der Waals surface area contributed by atoms with E-state index in [2.05, 4.69) is 5.32 Å². The lowest BCUT2D eigenvalue weighted by molar-refractivity contribution is -0.153. The second-order valence-electron chi connectivity index (χ2n) is 3.66. The van der Waals surface area contributed by atoms with Crippen molar-refractivity contribution in [3.8, 4) is 0 Å². The van der Waals surface area contributed by atoms with E-state index >= 15 is 0 Å². The molecule has 0 aliphatic carbocycles. The number of hydrogen-bond donors (Lipinski definition) is 1. The molecule has 0 aliphatic heterocycles. The first-order valence-corrected chi connectivity index (χ1v) is 4.94. The number of esters is 1. The van der Waals surface area contributed by atoms with Gasteiger partial charge in [0, 0.05) is 0 Å². The smallest absolute Gasteiger partial charge is 0.328 e. The van der Waals surface area contributed by atoms with E-state index in [-0.39, 0.29) is 12.1 Å². The zero-order valence-corrected chi connectivity index (χ0v) is 9.72. The predicted molar refractivity (Wildman–Crippen MR) is 55.2 cm³/mol. The Bertz CT molecular complexity index is 182. The predicted octanol–water partition coefficient (Wildman–Crippen LogP) is 0.953. The molecule has 0 fully saturated rings. The van der Waals surface area contributed by atoms with Gasteiger partial charge in [-0.3, -0.25) is 0 Å². The molecule has 1 N–H and O–H groups in total. The number of carbonyl (C=O) groups is 1. The van der Waals surface area contributed by atoms with Gasteiger partial charge in [-0.05, 0) is 34.7 Å². The highest BCUT2D eigenvalue weighted by Crippen LogP contribution is 2.08. The third kappa shape index (κ3) is 4.07. The molecule has 0 spiro atoms. The van der Waals surface area contributed by atoms with E-state index in [1.165, 1.54) is 0 Å². The van der Waals surface area contributed by atoms with Gasteiger partial charge in [0.2, 0.25) is 0 Å². The maximum absolute atomic E-state index is 11.5. The summed E-state index contributed by atoms with van der Waals surface area (Å²) in [5.74, 6) is -0.275. The van der Waals surface area contributed by atoms with Crippen LogP contribution >= 0.6 is 0 Å². The van der Waals surface area contributed by atoms with Gasteiger partial charge in [-0.2, -0.15) is 0 Å². The molecule has 4 heteroatoms. The first-order valence-electron chi connectivity index (χ1n) is 4.94. The Labute approximate surface area is 86.0 Å². The van der Waals surface area contributed by atoms with E-state index in [4.69, 9.17) is 9.47 Å². The van der Waals surface area contributed by atoms with Gasteiger partial charge >= 0.3 is 5.97 Å². The monoisotopic (exact) mass is 203 g/mol. The molecule has 0 aromatic rings. The maximum atomic E-state index is 11.5. The fourth-order valence-electron chi connectivity index (χ4n) is 0.857. The molecule has 0 aromatic heterocycles. The van der Waals surface area contributed by atoms with Crippen LogP contribution in [-0.4, -0.2) is 37.9 Å². The normalized spacial score (nSPS) is 15.3. The molecule has 1 atom stereocenters. The number of carbonyl (C=O) groups excluding carboxylic acids is 1. The van der Waals surface area contributed by atoms with Gasteiger partial charge in [0.25, 0.3) is 0 Å². The highest BCUT2D eigenvalue weighted by molar-refractivity contribution is 5.80. The molecule has 0 aliphatic rings. The Morgan fingerprint density at radius 1 is 1.50 bits per heavy atom. The van der Waals surface area contributed by atoms with Crippen molar-refractivity contribution in [3.63, 3.8) is 0 Å². The molecule has 84 valence electrons. The molecular weight excluding hydrogens is 182 g/mol. The molecule has 0 rings (SSSR count). The van der Waals surface area contributed by atoms with Gasteiger partial charge < -0.3 is 14.8 Å². The summed E-state index contributed by atoms with van der Waals surface area (Å²) in [6.45, 7) is 8.13. The quantitative estimate of drug-likeness (QED) is 0.653. The standard InChI is InChI=1S/C10H21NO3/c1-6-13-9(12)10(4,11-5)7-14-8(2)3/h8,11H,6-7H2,1-5H3. The highest BCUT2D eigenvalue weighted by Gasteiger charge is 2.33. The second-order valence-corrected chi connectivity index (χ2v) is 3.66. The van der Waals surface area contributed by atoms with Crippen LogP contribution in [0.2, 0.25) is 0 Å². The summed E-state index contributed by atoms with van der Waals surface area (Å²) in [4.78, 5) is 11.5. The Balaban J connectivity index is 4.23. The van der Waals surface area contributed by atoms with Crippen molar-refractivity contribution in [1.82, 2.24) is 5.32 Å². The topological polar surface area (TPSA) is 47.6 Å². The third-order valence-electron chi connectivity index (χ3n) is 1.98. The minimum absolute atomic E-state index is 0.108. The molecule has 0 saturated carbocycles. The number of hydrogen-bond acceptors (Lipinski definition) is 4. The lowest BCUT2D eigenvalue weighted by Gasteiger charge is -2.27. The van der Waals surface area contributed by atoms with Crippen LogP contribution in [-0.2, 0) is 14.3 Å². The summed E-state index contributed by atoms with van der Waals surface area (Å²) in [6.07, 6.45) is 0.108. The minimum atomic E-state index is -0.750. The third-order valence-corrected chi connectivity index (χ3v) is 1.98. The molecule has 14 heavy (non-hydrogen) atoms. The molecule has 0 heterocycles. The molecule has 0 bridgehead atoms. The summed E-state index contributed by atoms with van der Waals surface area (Å²) in [5, 5.41) is 2.92. The highest BCUT2D eigenvalue weighted by atomic mass is 16.5. The Kier molecular flexibility index (Phi) is 5.72. The number of rotatable bonds is 6. The van der Waals surface area contributed by atoms with Gasteiger partial charge in [-0.25, -0.2) is 4.79 Å². The van der Waals surface area contributed by atoms with Crippen molar-refractivity contribution >= 4 is 5.97 Å². The molecule has 0 amide bonds. The number of likely N-dealkylation sites (N-methyl/N-ethyl adjacent to an activating group) is 1. The molecule has 0 aromatic carbocycles. The van der Waals surface area contributed by atoms with Gasteiger partial charge in [0.1, 0.15) is 5.54 Å². The molecule has 4 nitrogen and oxygen atoms in total. The van der Waals surface area contributed by atoms with E-state index in [1.807, 2.05) is 13.8 Å². The van der Waals surface area contributed by atoms with Crippen molar-refractivity contribution in [2.45, 2.75) is 39.3 Å². The summed E-state index contributed by atoms with van der Waals surface area (Å²) in [6, 6.07) is 0. The van der Waals surface area contributed by atoms with Crippen LogP contribution in [0.25, 0.3) is 0 Å². The van der Waals surface area contributed by atoms with Crippen LogP contribution < -0.4 is 5.32 Å². The molecule has 1 unspecified atom stereocenters. The van der Waals surface area contributed by atoms with Gasteiger partial charge in [0.15, 0.2) is 0 Å². The fraction of sp³-hybridized carbons (Fsp3) is 0.900. The Hall–Kier alpha value is -0.610. The van der Waals surface area contributed by atoms with E-state index in [0.29, 0.717) is 13.2 Å². The van der Waals surface area contributed by atoms with Crippen molar-refractivity contribution in [1.29, 1.82) is 0 Å². The van der Waals surface area contributed by atoms with Crippen LogP contribution in [0.4, 0.5) is 0 Å². The first-order chi connectivity index (χ1) is 6.46. The summed E-state index contributed by atoms with van der Waals surface area (Å²) < 4.78 is 10.4. The largest absolute Gasteiger partial charge is 0.465 e. The van der Waals surface area contributed by atoms with Crippen LogP contribution in [0.3, 0.4) is 0 Å². The molecular formula is C10H21NO3. The average molecular weight is 203 g/mol. The van der Waals surface area contributed by atoms with E-state index in [0.717, 1.165) is 0 Å². The van der Waals surface area contributed by atoms with E-state index in [1.54, 1.807) is 20.9 Å². The number of ether oxygens (including phenoxy) is 2.